The summed E-state index contributed by atoms with van der Waals surface area (Å²) in [4.78, 5) is 22.3. The summed E-state index contributed by atoms with van der Waals surface area (Å²) in [5, 5.41) is 9.94. The van der Waals surface area contributed by atoms with E-state index < -0.39 is 0 Å². The Kier molecular flexibility index (Phi) is 5.81. The number of rotatable bonds is 5. The van der Waals surface area contributed by atoms with Crippen LogP contribution < -0.4 is 4.90 Å². The molecule has 188 valence electrons. The Balaban J connectivity index is 1.23. The fourth-order valence-electron chi connectivity index (χ4n) is 5.93. The number of H-pyrrole nitrogens is 2. The summed E-state index contributed by atoms with van der Waals surface area (Å²) in [6, 6.07) is 6.66. The van der Waals surface area contributed by atoms with Gasteiger partial charge in [-0.05, 0) is 69.0 Å². The van der Waals surface area contributed by atoms with Crippen LogP contribution in [-0.4, -0.2) is 61.2 Å². The van der Waals surface area contributed by atoms with Gasteiger partial charge in [-0.3, -0.25) is 20.0 Å². The molecule has 2 fully saturated rings. The van der Waals surface area contributed by atoms with Crippen LogP contribution in [0, 0.1) is 0 Å². The number of aromatic amines is 2. The van der Waals surface area contributed by atoms with Crippen LogP contribution in [0.5, 0.6) is 0 Å². The number of nitrogens with zero attached hydrogens (tertiary/aromatic N) is 6. The predicted octanol–water partition coefficient (Wildman–Crippen LogP) is 5.54. The van der Waals surface area contributed by atoms with Crippen molar-refractivity contribution in [1.82, 2.24) is 35.0 Å². The quantitative estimate of drug-likeness (QED) is 0.335. The van der Waals surface area contributed by atoms with Crippen LogP contribution >= 0.6 is 0 Å². The molecule has 8 nitrogen and oxygen atoms in total. The van der Waals surface area contributed by atoms with Gasteiger partial charge in [-0.2, -0.15) is 5.10 Å². The number of aromatic nitrogens is 6. The molecular formula is C29H32N8. The van der Waals surface area contributed by atoms with Crippen molar-refractivity contribution < 1.29 is 0 Å². The lowest BCUT2D eigenvalue weighted by molar-refractivity contribution is 0.220. The molecule has 0 radical (unpaired) electrons. The second-order valence-electron chi connectivity index (χ2n) is 10.5. The van der Waals surface area contributed by atoms with Gasteiger partial charge in [-0.15, -0.1) is 0 Å². The number of hydrogen-bond acceptors (Lipinski definition) is 6. The fourth-order valence-corrected chi connectivity index (χ4v) is 5.93. The lowest BCUT2D eigenvalue weighted by Gasteiger charge is -2.28. The first-order valence-electron chi connectivity index (χ1n) is 13.5. The highest BCUT2D eigenvalue weighted by atomic mass is 15.2. The van der Waals surface area contributed by atoms with Gasteiger partial charge in [0.05, 0.1) is 35.0 Å². The van der Waals surface area contributed by atoms with Crippen molar-refractivity contribution in [3.8, 4) is 22.5 Å². The Morgan fingerprint density at radius 3 is 2.38 bits per heavy atom. The fraction of sp³-hybridized carbons (Fsp3) is 0.379. The lowest BCUT2D eigenvalue weighted by Crippen LogP contribution is -2.29. The maximum absolute atomic E-state index is 4.68. The standard InChI is InChI=1S/C29H32N8/c1-3-7-36(8-4-1)19-20-11-21(15-30-14-20)22-12-24-28(34-35-29(24)32-16-22)25-13-23-26(33-25)17-31-18-27(23)37-9-5-2-6-10-37/h11-18,33H,1-10,19H2,(H,32,34,35). The molecular weight excluding hydrogens is 460 g/mol. The largest absolute Gasteiger partial charge is 0.370 e. The number of fused-ring (bicyclic) bond motifs is 2. The predicted molar refractivity (Wildman–Crippen MR) is 147 cm³/mol. The summed E-state index contributed by atoms with van der Waals surface area (Å²) >= 11 is 0. The van der Waals surface area contributed by atoms with E-state index in [1.54, 1.807) is 0 Å². The van der Waals surface area contributed by atoms with Crippen LogP contribution in [0.15, 0.2) is 49.2 Å². The molecule has 0 amide bonds. The smallest absolute Gasteiger partial charge is 0.181 e. The Hall–Kier alpha value is -3.78. The highest BCUT2D eigenvalue weighted by Crippen LogP contribution is 2.34. The van der Waals surface area contributed by atoms with Crippen LogP contribution in [-0.2, 0) is 6.54 Å². The topological polar surface area (TPSA) is 89.6 Å². The van der Waals surface area contributed by atoms with E-state index in [0.717, 1.165) is 53.1 Å². The third-order valence-corrected chi connectivity index (χ3v) is 7.88. The Morgan fingerprint density at radius 1 is 0.730 bits per heavy atom. The molecule has 37 heavy (non-hydrogen) atoms. The number of piperidine rings is 2. The number of hydrogen-bond donors (Lipinski definition) is 2. The zero-order valence-corrected chi connectivity index (χ0v) is 21.1. The first kappa shape index (κ1) is 22.4. The van der Waals surface area contributed by atoms with Crippen molar-refractivity contribution in [2.24, 2.45) is 0 Å². The Bertz CT molecular complexity index is 1540. The van der Waals surface area contributed by atoms with Gasteiger partial charge >= 0.3 is 0 Å². The van der Waals surface area contributed by atoms with Crippen molar-refractivity contribution >= 4 is 27.6 Å². The maximum Gasteiger partial charge on any atom is 0.181 e. The summed E-state index contributed by atoms with van der Waals surface area (Å²) < 4.78 is 0. The molecule has 7 rings (SSSR count). The molecule has 0 aliphatic carbocycles. The minimum atomic E-state index is 0.712. The minimum Gasteiger partial charge on any atom is -0.370 e. The van der Waals surface area contributed by atoms with Crippen molar-refractivity contribution in [2.45, 2.75) is 45.1 Å². The second-order valence-corrected chi connectivity index (χ2v) is 10.5. The summed E-state index contributed by atoms with van der Waals surface area (Å²) in [6.07, 6.45) is 17.5. The zero-order chi connectivity index (χ0) is 24.6. The molecule has 5 aromatic rings. The molecule has 5 aromatic heterocycles. The van der Waals surface area contributed by atoms with Crippen molar-refractivity contribution in [1.29, 1.82) is 0 Å². The minimum absolute atomic E-state index is 0.712. The zero-order valence-electron chi connectivity index (χ0n) is 21.1. The Morgan fingerprint density at radius 2 is 1.51 bits per heavy atom. The van der Waals surface area contributed by atoms with Gasteiger partial charge in [-0.1, -0.05) is 6.42 Å². The van der Waals surface area contributed by atoms with Crippen LogP contribution in [0.3, 0.4) is 0 Å². The monoisotopic (exact) mass is 492 g/mol. The van der Waals surface area contributed by atoms with Crippen LogP contribution in [0.1, 0.15) is 44.1 Å². The van der Waals surface area contributed by atoms with Gasteiger partial charge < -0.3 is 9.88 Å². The van der Waals surface area contributed by atoms with Crippen LogP contribution in [0.4, 0.5) is 5.69 Å². The van der Waals surface area contributed by atoms with Crippen molar-refractivity contribution in [3.05, 3.63) is 54.7 Å². The summed E-state index contributed by atoms with van der Waals surface area (Å²) in [7, 11) is 0. The average molecular weight is 493 g/mol. The van der Waals surface area contributed by atoms with Gasteiger partial charge in [0, 0.05) is 60.1 Å². The molecule has 0 unspecified atom stereocenters. The van der Waals surface area contributed by atoms with Gasteiger partial charge in [-0.25, -0.2) is 4.98 Å². The Labute approximate surface area is 216 Å². The first-order valence-corrected chi connectivity index (χ1v) is 13.5. The second kappa shape index (κ2) is 9.59. The van der Waals surface area contributed by atoms with Gasteiger partial charge in [0.2, 0.25) is 0 Å². The first-order chi connectivity index (χ1) is 18.3. The van der Waals surface area contributed by atoms with E-state index in [4.69, 9.17) is 0 Å². The lowest BCUT2D eigenvalue weighted by atomic mass is 10.0. The summed E-state index contributed by atoms with van der Waals surface area (Å²) in [6.45, 7) is 5.49. The number of nitrogens with one attached hydrogen (secondary N) is 2. The highest BCUT2D eigenvalue weighted by molar-refractivity contribution is 5.99. The molecule has 7 heterocycles. The van der Waals surface area contributed by atoms with E-state index in [-0.39, 0.29) is 0 Å². The van der Waals surface area contributed by atoms with Crippen LogP contribution in [0.25, 0.3) is 44.5 Å². The molecule has 2 saturated heterocycles. The molecule has 0 bridgehead atoms. The summed E-state index contributed by atoms with van der Waals surface area (Å²) in [5.41, 5.74) is 8.30. The van der Waals surface area contributed by atoms with Gasteiger partial charge in [0.1, 0.15) is 0 Å². The SMILES string of the molecule is c1ncc(-c2cnc3n[nH]c(-c4cc5c(N6CCCCC6)cncc5[nH]4)c3c2)cc1CN1CCCCC1. The average Bonchev–Trinajstić information content (AvgIpc) is 3.58. The van der Waals surface area contributed by atoms with Gasteiger partial charge in [0.25, 0.3) is 0 Å². The van der Waals surface area contributed by atoms with E-state index in [1.807, 2.05) is 31.0 Å². The van der Waals surface area contributed by atoms with E-state index in [9.17, 15) is 0 Å². The maximum atomic E-state index is 4.68. The number of anilines is 1. The molecule has 8 heteroatoms. The highest BCUT2D eigenvalue weighted by Gasteiger charge is 2.18. The third kappa shape index (κ3) is 4.35. The van der Waals surface area contributed by atoms with Crippen molar-refractivity contribution in [2.75, 3.05) is 31.1 Å². The van der Waals surface area contributed by atoms with Gasteiger partial charge in [0.15, 0.2) is 5.65 Å². The molecule has 2 aliphatic rings. The molecule has 0 aromatic carbocycles. The normalized spacial score (nSPS) is 17.1. The molecule has 0 atom stereocenters. The molecule has 2 N–H and O–H groups in total. The molecule has 0 spiro atoms. The molecule has 2 aliphatic heterocycles. The third-order valence-electron chi connectivity index (χ3n) is 7.88. The van der Waals surface area contributed by atoms with E-state index in [1.165, 1.54) is 68.3 Å². The van der Waals surface area contributed by atoms with Crippen LogP contribution in [0.2, 0.25) is 0 Å². The molecule has 0 saturated carbocycles. The van der Waals surface area contributed by atoms with E-state index >= 15 is 0 Å². The number of pyridine rings is 3. The van der Waals surface area contributed by atoms with E-state index in [0.29, 0.717) is 5.65 Å². The van der Waals surface area contributed by atoms with Crippen molar-refractivity contribution in [3.63, 3.8) is 0 Å². The summed E-state index contributed by atoms with van der Waals surface area (Å²) in [5.74, 6) is 0. The number of likely N-dealkylation sites (tertiary alicyclic amines) is 1. The van der Waals surface area contributed by atoms with E-state index in [2.05, 4.69) is 58.1 Å².